The molecule has 50 valence electrons. The highest BCUT2D eigenvalue weighted by molar-refractivity contribution is 7.73. The summed E-state index contributed by atoms with van der Waals surface area (Å²) >= 11 is 6.36. The Hall–Kier alpha value is -0.880. The summed E-state index contributed by atoms with van der Waals surface area (Å²) in [6.07, 6.45) is 1.56. The van der Waals surface area contributed by atoms with Crippen molar-refractivity contribution >= 4 is 29.3 Å². The molecule has 2 aromatic heterocycles. The van der Waals surface area contributed by atoms with Crippen LogP contribution in [0.1, 0.15) is 0 Å². The van der Waals surface area contributed by atoms with Crippen LogP contribution in [0.4, 0.5) is 0 Å². The fourth-order valence-corrected chi connectivity index (χ4v) is 1.36. The Bertz CT molecular complexity index is 403. The fraction of sp³-hybridized carbons (Fsp3) is 0. The molecule has 0 atom stereocenters. The van der Waals surface area contributed by atoms with Gasteiger partial charge < -0.3 is 0 Å². The predicted octanol–water partition coefficient (Wildman–Crippen LogP) is 0.915. The average Bonchev–Trinajstić information content (AvgIpc) is 2.36. The molecule has 2 heterocycles. The van der Waals surface area contributed by atoms with Gasteiger partial charge in [0.15, 0.2) is 3.95 Å². The zero-order chi connectivity index (χ0) is 6.97. The molecule has 10 heavy (non-hydrogen) atoms. The molecule has 6 heteroatoms. The summed E-state index contributed by atoms with van der Waals surface area (Å²) in [7, 11) is 0. The molecule has 0 fully saturated rings. The largest absolute Gasteiger partial charge is 0.257 e. The molecular formula is C4H2N4S2. The van der Waals surface area contributed by atoms with Gasteiger partial charge in [-0.05, 0) is 12.2 Å². The van der Waals surface area contributed by atoms with Crippen molar-refractivity contribution in [3.05, 3.63) is 15.8 Å². The van der Waals surface area contributed by atoms with Crippen molar-refractivity contribution in [3.8, 4) is 0 Å². The van der Waals surface area contributed by atoms with Crippen LogP contribution in [0.15, 0.2) is 11.8 Å². The van der Waals surface area contributed by atoms with E-state index in [1.54, 1.807) is 16.2 Å². The van der Waals surface area contributed by atoms with Gasteiger partial charge in [-0.2, -0.15) is 0 Å². The second-order valence-electron chi connectivity index (χ2n) is 1.62. The lowest BCUT2D eigenvalue weighted by Crippen LogP contribution is -1.83. The van der Waals surface area contributed by atoms with Gasteiger partial charge in [-0.3, -0.25) is 0 Å². The van der Waals surface area contributed by atoms with E-state index in [0.717, 1.165) is 3.95 Å². The first-order valence-corrected chi connectivity index (χ1v) is 3.80. The molecule has 0 saturated heterocycles. The number of hydrogen-bond acceptors (Lipinski definition) is 5. The van der Waals surface area contributed by atoms with Gasteiger partial charge in [0, 0.05) is 0 Å². The van der Waals surface area contributed by atoms with Crippen molar-refractivity contribution in [1.29, 1.82) is 0 Å². The van der Waals surface area contributed by atoms with Crippen molar-refractivity contribution < 1.29 is 0 Å². The van der Waals surface area contributed by atoms with Gasteiger partial charge in [-0.25, -0.2) is 9.38 Å². The van der Waals surface area contributed by atoms with Crippen LogP contribution in [0, 0.1) is 3.95 Å². The molecule has 0 N–H and O–H groups in total. The minimum absolute atomic E-state index is 0.559. The minimum Gasteiger partial charge on any atom is -0.247 e. The van der Waals surface area contributed by atoms with E-state index in [-0.39, 0.29) is 0 Å². The van der Waals surface area contributed by atoms with Crippen LogP contribution in [0.5, 0.6) is 0 Å². The van der Waals surface area contributed by atoms with Crippen LogP contribution in [0.2, 0.25) is 0 Å². The van der Waals surface area contributed by atoms with Crippen LogP contribution < -0.4 is 0 Å². The standard InChI is InChI=1S/C4H2N4S2/c9-4-8-1-6-7-3(8)5-2-10-4/h1-2H. The summed E-state index contributed by atoms with van der Waals surface area (Å²) in [6.45, 7) is 0. The maximum absolute atomic E-state index is 4.97. The molecule has 0 radical (unpaired) electrons. The molecule has 0 spiro atoms. The van der Waals surface area contributed by atoms with Crippen molar-refractivity contribution in [1.82, 2.24) is 19.6 Å². The quantitative estimate of drug-likeness (QED) is 0.551. The van der Waals surface area contributed by atoms with Crippen molar-refractivity contribution in [2.75, 3.05) is 0 Å². The summed E-state index contributed by atoms with van der Waals surface area (Å²) in [5.74, 6) is 0.559. The third-order valence-corrected chi connectivity index (χ3v) is 2.14. The molecule has 0 bridgehead atoms. The second kappa shape index (κ2) is 2.06. The van der Waals surface area contributed by atoms with Crippen molar-refractivity contribution in [2.24, 2.45) is 0 Å². The van der Waals surface area contributed by atoms with E-state index < -0.39 is 0 Å². The van der Waals surface area contributed by atoms with Crippen LogP contribution >= 0.6 is 23.6 Å². The normalized spacial score (nSPS) is 10.4. The van der Waals surface area contributed by atoms with Crippen LogP contribution in [0.25, 0.3) is 5.78 Å². The minimum atomic E-state index is 0.559. The van der Waals surface area contributed by atoms with Crippen LogP contribution in [-0.4, -0.2) is 19.6 Å². The molecule has 0 unspecified atom stereocenters. The lowest BCUT2D eigenvalue weighted by Gasteiger charge is -1.84. The van der Waals surface area contributed by atoms with Gasteiger partial charge in [0.05, 0.1) is 5.51 Å². The van der Waals surface area contributed by atoms with Gasteiger partial charge in [-0.1, -0.05) is 11.3 Å². The molecule has 0 aromatic carbocycles. The SMILES string of the molecule is S=c1scnc2nncn12. The van der Waals surface area contributed by atoms with Crippen LogP contribution in [0.3, 0.4) is 0 Å². The first-order valence-electron chi connectivity index (χ1n) is 2.51. The number of nitrogens with zero attached hydrogens (tertiary/aromatic N) is 4. The smallest absolute Gasteiger partial charge is 0.247 e. The lowest BCUT2D eigenvalue weighted by molar-refractivity contribution is 1.10. The van der Waals surface area contributed by atoms with E-state index in [1.807, 2.05) is 0 Å². The lowest BCUT2D eigenvalue weighted by atomic mass is 11.0. The highest BCUT2D eigenvalue weighted by Crippen LogP contribution is 2.00. The molecule has 0 saturated carbocycles. The third-order valence-electron chi connectivity index (χ3n) is 1.05. The molecule has 0 aliphatic carbocycles. The molecule has 0 aliphatic rings. The molecule has 0 amide bonds. The van der Waals surface area contributed by atoms with Gasteiger partial charge in [0.2, 0.25) is 0 Å². The topological polar surface area (TPSA) is 43.1 Å². The van der Waals surface area contributed by atoms with E-state index in [0.29, 0.717) is 5.78 Å². The average molecular weight is 170 g/mol. The summed E-state index contributed by atoms with van der Waals surface area (Å²) in [6, 6.07) is 0. The first-order chi connectivity index (χ1) is 4.88. The van der Waals surface area contributed by atoms with Gasteiger partial charge >= 0.3 is 0 Å². The molecule has 0 aliphatic heterocycles. The maximum Gasteiger partial charge on any atom is 0.257 e. The maximum atomic E-state index is 4.97. The third kappa shape index (κ3) is 0.729. The number of aromatic nitrogens is 4. The summed E-state index contributed by atoms with van der Waals surface area (Å²) < 4.78 is 2.38. The van der Waals surface area contributed by atoms with E-state index in [9.17, 15) is 0 Å². The Kier molecular flexibility index (Phi) is 1.21. The van der Waals surface area contributed by atoms with Gasteiger partial charge in [0.1, 0.15) is 6.33 Å². The van der Waals surface area contributed by atoms with E-state index in [1.165, 1.54) is 11.3 Å². The fourth-order valence-electron chi connectivity index (χ4n) is 0.621. The Morgan fingerprint density at radius 1 is 1.60 bits per heavy atom. The van der Waals surface area contributed by atoms with E-state index in [2.05, 4.69) is 15.2 Å². The van der Waals surface area contributed by atoms with Crippen molar-refractivity contribution in [3.63, 3.8) is 0 Å². The molecule has 2 rings (SSSR count). The molecule has 4 nitrogen and oxygen atoms in total. The Balaban J connectivity index is 3.09. The number of rotatable bonds is 0. The highest BCUT2D eigenvalue weighted by Gasteiger charge is 1.93. The summed E-state index contributed by atoms with van der Waals surface area (Å²) in [5.41, 5.74) is 1.66. The summed E-state index contributed by atoms with van der Waals surface area (Å²) in [4.78, 5) is 3.94. The predicted molar refractivity (Wildman–Crippen MR) is 39.5 cm³/mol. The first kappa shape index (κ1) is 5.87. The van der Waals surface area contributed by atoms with Gasteiger partial charge in [0.25, 0.3) is 5.78 Å². The number of fused-ring (bicyclic) bond motifs is 1. The van der Waals surface area contributed by atoms with Crippen molar-refractivity contribution in [2.45, 2.75) is 0 Å². The van der Waals surface area contributed by atoms with E-state index >= 15 is 0 Å². The Labute approximate surface area is 65.2 Å². The zero-order valence-electron chi connectivity index (χ0n) is 4.76. The Morgan fingerprint density at radius 3 is 3.30 bits per heavy atom. The van der Waals surface area contributed by atoms with Gasteiger partial charge in [-0.15, -0.1) is 10.2 Å². The second-order valence-corrected chi connectivity index (χ2v) is 3.10. The van der Waals surface area contributed by atoms with E-state index in [4.69, 9.17) is 12.2 Å². The van der Waals surface area contributed by atoms with Crippen LogP contribution in [-0.2, 0) is 0 Å². The molecular weight excluding hydrogens is 168 g/mol. The zero-order valence-corrected chi connectivity index (χ0v) is 6.39. The number of hydrogen-bond donors (Lipinski definition) is 0. The highest BCUT2D eigenvalue weighted by atomic mass is 32.1. The molecule has 2 aromatic rings. The monoisotopic (exact) mass is 170 g/mol. The summed E-state index contributed by atoms with van der Waals surface area (Å²) in [5, 5.41) is 7.37. The Morgan fingerprint density at radius 2 is 2.50 bits per heavy atom.